The molecule has 0 bridgehead atoms. The highest BCUT2D eigenvalue weighted by molar-refractivity contribution is 4.84. The first kappa shape index (κ1) is 13.0. The van der Waals surface area contributed by atoms with E-state index < -0.39 is 0 Å². The third-order valence-corrected chi connectivity index (χ3v) is 3.72. The SMILES string of the molecule is COC(C)(C)C1CCN(CC(C)C)CC1. The van der Waals surface area contributed by atoms with Gasteiger partial charge in [-0.25, -0.2) is 0 Å². The third-order valence-electron chi connectivity index (χ3n) is 3.72. The van der Waals surface area contributed by atoms with E-state index in [-0.39, 0.29) is 5.60 Å². The van der Waals surface area contributed by atoms with Crippen molar-refractivity contribution in [2.75, 3.05) is 26.7 Å². The van der Waals surface area contributed by atoms with E-state index in [1.807, 2.05) is 7.11 Å². The Kier molecular flexibility index (Phi) is 4.60. The quantitative estimate of drug-likeness (QED) is 0.712. The van der Waals surface area contributed by atoms with Crippen LogP contribution in [-0.4, -0.2) is 37.2 Å². The smallest absolute Gasteiger partial charge is 0.0651 e. The van der Waals surface area contributed by atoms with Crippen LogP contribution in [0.3, 0.4) is 0 Å². The maximum absolute atomic E-state index is 5.57. The monoisotopic (exact) mass is 213 g/mol. The molecule has 1 aliphatic rings. The molecule has 1 rings (SSSR count). The molecular formula is C13H27NO. The van der Waals surface area contributed by atoms with Crippen LogP contribution in [0.1, 0.15) is 40.5 Å². The molecule has 1 saturated heterocycles. The van der Waals surface area contributed by atoms with Crippen LogP contribution in [0.15, 0.2) is 0 Å². The van der Waals surface area contributed by atoms with Crippen LogP contribution in [-0.2, 0) is 4.74 Å². The van der Waals surface area contributed by atoms with Crippen molar-refractivity contribution in [3.05, 3.63) is 0 Å². The molecule has 0 amide bonds. The van der Waals surface area contributed by atoms with E-state index in [2.05, 4.69) is 32.6 Å². The van der Waals surface area contributed by atoms with E-state index in [4.69, 9.17) is 4.74 Å². The van der Waals surface area contributed by atoms with Gasteiger partial charge in [-0.15, -0.1) is 0 Å². The van der Waals surface area contributed by atoms with Gasteiger partial charge in [-0.2, -0.15) is 0 Å². The van der Waals surface area contributed by atoms with Gasteiger partial charge >= 0.3 is 0 Å². The van der Waals surface area contributed by atoms with Crippen molar-refractivity contribution in [3.8, 4) is 0 Å². The van der Waals surface area contributed by atoms with Crippen molar-refractivity contribution in [1.29, 1.82) is 0 Å². The molecule has 0 radical (unpaired) electrons. The van der Waals surface area contributed by atoms with Crippen molar-refractivity contribution in [2.24, 2.45) is 11.8 Å². The second-order valence-electron chi connectivity index (χ2n) is 5.78. The van der Waals surface area contributed by atoms with E-state index in [1.165, 1.54) is 32.5 Å². The first-order valence-corrected chi connectivity index (χ1v) is 6.23. The maximum atomic E-state index is 5.57. The average Bonchev–Trinajstić information content (AvgIpc) is 2.18. The summed E-state index contributed by atoms with van der Waals surface area (Å²) in [6.45, 7) is 12.8. The zero-order chi connectivity index (χ0) is 11.5. The van der Waals surface area contributed by atoms with Gasteiger partial charge in [0, 0.05) is 13.7 Å². The molecule has 0 atom stereocenters. The van der Waals surface area contributed by atoms with Crippen LogP contribution in [0.5, 0.6) is 0 Å². The zero-order valence-electron chi connectivity index (χ0n) is 11.0. The number of ether oxygens (including phenoxy) is 1. The van der Waals surface area contributed by atoms with Gasteiger partial charge in [0.15, 0.2) is 0 Å². The van der Waals surface area contributed by atoms with Crippen molar-refractivity contribution < 1.29 is 4.74 Å². The Balaban J connectivity index is 2.36. The molecule has 2 nitrogen and oxygen atoms in total. The molecule has 1 aliphatic heterocycles. The minimum Gasteiger partial charge on any atom is -0.379 e. The average molecular weight is 213 g/mol. The van der Waals surface area contributed by atoms with E-state index >= 15 is 0 Å². The molecule has 1 heterocycles. The van der Waals surface area contributed by atoms with E-state index in [0.29, 0.717) is 0 Å². The molecular weight excluding hydrogens is 186 g/mol. The Bertz CT molecular complexity index is 181. The second-order valence-corrected chi connectivity index (χ2v) is 5.78. The molecule has 2 heteroatoms. The number of hydrogen-bond acceptors (Lipinski definition) is 2. The minimum absolute atomic E-state index is 0.0594. The largest absolute Gasteiger partial charge is 0.379 e. The molecule has 0 aromatic heterocycles. The second kappa shape index (κ2) is 5.31. The minimum atomic E-state index is 0.0594. The van der Waals surface area contributed by atoms with Gasteiger partial charge in [0.2, 0.25) is 0 Å². The van der Waals surface area contributed by atoms with Gasteiger partial charge in [-0.3, -0.25) is 0 Å². The Hall–Kier alpha value is -0.0800. The number of methoxy groups -OCH3 is 1. The predicted molar refractivity (Wildman–Crippen MR) is 65.1 cm³/mol. The fraction of sp³-hybridized carbons (Fsp3) is 1.00. The summed E-state index contributed by atoms with van der Waals surface area (Å²) in [7, 11) is 1.83. The molecule has 90 valence electrons. The standard InChI is InChI=1S/C13H27NO/c1-11(2)10-14-8-6-12(7-9-14)13(3,4)15-5/h11-12H,6-10H2,1-5H3. The summed E-state index contributed by atoms with van der Waals surface area (Å²) >= 11 is 0. The molecule has 0 spiro atoms. The number of nitrogens with zero attached hydrogens (tertiary/aromatic N) is 1. The van der Waals surface area contributed by atoms with Gasteiger partial charge in [0.25, 0.3) is 0 Å². The lowest BCUT2D eigenvalue weighted by molar-refractivity contribution is -0.0493. The number of hydrogen-bond donors (Lipinski definition) is 0. The summed E-state index contributed by atoms with van der Waals surface area (Å²) in [5.74, 6) is 1.52. The lowest BCUT2D eigenvalue weighted by Gasteiger charge is -2.40. The lowest BCUT2D eigenvalue weighted by atomic mass is 9.82. The predicted octanol–water partition coefficient (Wildman–Crippen LogP) is 2.78. The van der Waals surface area contributed by atoms with E-state index in [0.717, 1.165) is 11.8 Å². The summed E-state index contributed by atoms with van der Waals surface area (Å²) in [5, 5.41) is 0. The van der Waals surface area contributed by atoms with Gasteiger partial charge < -0.3 is 9.64 Å². The van der Waals surface area contributed by atoms with E-state index in [9.17, 15) is 0 Å². The van der Waals surface area contributed by atoms with Crippen LogP contribution in [0.4, 0.5) is 0 Å². The Morgan fingerprint density at radius 2 is 1.80 bits per heavy atom. The molecule has 0 aromatic carbocycles. The van der Waals surface area contributed by atoms with Crippen LogP contribution in [0.25, 0.3) is 0 Å². The first-order valence-electron chi connectivity index (χ1n) is 6.23. The summed E-state index contributed by atoms with van der Waals surface area (Å²) in [4.78, 5) is 2.59. The zero-order valence-corrected chi connectivity index (χ0v) is 11.0. The number of rotatable bonds is 4. The highest BCUT2D eigenvalue weighted by atomic mass is 16.5. The number of likely N-dealkylation sites (tertiary alicyclic amines) is 1. The molecule has 0 N–H and O–H groups in total. The highest BCUT2D eigenvalue weighted by Crippen LogP contribution is 2.30. The van der Waals surface area contributed by atoms with Gasteiger partial charge in [-0.1, -0.05) is 13.8 Å². The third kappa shape index (κ3) is 3.76. The molecule has 0 saturated carbocycles. The lowest BCUT2D eigenvalue weighted by Crippen LogP contribution is -2.43. The Labute approximate surface area is 95.0 Å². The summed E-state index contributed by atoms with van der Waals surface area (Å²) in [6, 6.07) is 0. The molecule has 15 heavy (non-hydrogen) atoms. The first-order chi connectivity index (χ1) is 6.95. The van der Waals surface area contributed by atoms with Crippen LogP contribution >= 0.6 is 0 Å². The van der Waals surface area contributed by atoms with Gasteiger partial charge in [0.05, 0.1) is 5.60 Å². The van der Waals surface area contributed by atoms with Gasteiger partial charge in [0.1, 0.15) is 0 Å². The molecule has 0 unspecified atom stereocenters. The van der Waals surface area contributed by atoms with Crippen molar-refractivity contribution in [1.82, 2.24) is 4.90 Å². The number of piperidine rings is 1. The van der Waals surface area contributed by atoms with Crippen LogP contribution < -0.4 is 0 Å². The van der Waals surface area contributed by atoms with Crippen LogP contribution in [0.2, 0.25) is 0 Å². The summed E-state index contributed by atoms with van der Waals surface area (Å²) in [6.07, 6.45) is 2.57. The van der Waals surface area contributed by atoms with E-state index in [1.54, 1.807) is 0 Å². The summed E-state index contributed by atoms with van der Waals surface area (Å²) in [5.41, 5.74) is 0.0594. The topological polar surface area (TPSA) is 12.5 Å². The molecule has 1 fully saturated rings. The fourth-order valence-electron chi connectivity index (χ4n) is 2.49. The van der Waals surface area contributed by atoms with Gasteiger partial charge in [-0.05, 0) is 51.6 Å². The van der Waals surface area contributed by atoms with Crippen molar-refractivity contribution in [2.45, 2.75) is 46.1 Å². The highest BCUT2D eigenvalue weighted by Gasteiger charge is 2.32. The van der Waals surface area contributed by atoms with Crippen LogP contribution in [0, 0.1) is 11.8 Å². The Morgan fingerprint density at radius 1 is 1.27 bits per heavy atom. The normalized spacial score (nSPS) is 21.2. The van der Waals surface area contributed by atoms with Crippen molar-refractivity contribution in [3.63, 3.8) is 0 Å². The van der Waals surface area contributed by atoms with Crippen molar-refractivity contribution >= 4 is 0 Å². The maximum Gasteiger partial charge on any atom is 0.0651 e. The fourth-order valence-corrected chi connectivity index (χ4v) is 2.49. The summed E-state index contributed by atoms with van der Waals surface area (Å²) < 4.78 is 5.57. The molecule has 0 aromatic rings. The molecule has 0 aliphatic carbocycles. The Morgan fingerprint density at radius 3 is 2.20 bits per heavy atom.